The minimum absolute atomic E-state index is 0.0159. The van der Waals surface area contributed by atoms with E-state index in [2.05, 4.69) is 218 Å². The number of hydrogen-bond acceptors (Lipinski definition) is 10. The van der Waals surface area contributed by atoms with Gasteiger partial charge < -0.3 is 29.0 Å². The Morgan fingerprint density at radius 2 is 0.697 bits per heavy atom. The summed E-state index contributed by atoms with van der Waals surface area (Å²) >= 11 is 14.3. The summed E-state index contributed by atoms with van der Waals surface area (Å²) in [6.07, 6.45) is 2.98. The number of aromatic nitrogens is 4. The number of nitrogens with zero attached hydrogens (tertiary/aromatic N) is 4. The van der Waals surface area contributed by atoms with Crippen LogP contribution in [0.15, 0.2) is 260 Å². The van der Waals surface area contributed by atoms with Crippen LogP contribution in [0, 0.1) is 11.6 Å². The maximum Gasteiger partial charge on any atom is -0.0134 e. The van der Waals surface area contributed by atoms with Crippen LogP contribution in [0.1, 0.15) is 0 Å². The normalized spacial score (nSPS) is 10.4. The summed E-state index contributed by atoms with van der Waals surface area (Å²) in [5.41, 5.74) is 2.22. The number of hydrogen-bond donors (Lipinski definition) is 2. The second-order valence-corrected chi connectivity index (χ2v) is 26.7. The molecule has 0 aliphatic heterocycles. The van der Waals surface area contributed by atoms with Crippen LogP contribution in [0.25, 0.3) is 32.9 Å². The molecule has 0 amide bonds. The van der Waals surface area contributed by atoms with E-state index in [1.807, 2.05) is 0 Å². The van der Waals surface area contributed by atoms with Crippen LogP contribution in [0.2, 0.25) is 10.6 Å². The first-order chi connectivity index (χ1) is 43.2. The minimum atomic E-state index is -1.51. The number of ether oxygens (including phenoxy) is 4. The fourth-order valence-corrected chi connectivity index (χ4v) is 13.9. The second-order valence-electron chi connectivity index (χ2n) is 18.3. The summed E-state index contributed by atoms with van der Waals surface area (Å²) < 4.78 is 48.5. The zero-order chi connectivity index (χ0) is 63.5. The number of fused-ring (bicyclic) bond motifs is 2. The number of rotatable bonds is 12. The zero-order valence-corrected chi connectivity index (χ0v) is 56.0. The average molecular weight is 1460 g/mol. The molecule has 0 radical (unpaired) electrons. The summed E-state index contributed by atoms with van der Waals surface area (Å²) in [5, 5.41) is 27.5. The molecule has 89 heavy (non-hydrogen) atoms. The maximum absolute atomic E-state index is 14.3. The van der Waals surface area contributed by atoms with Crippen LogP contribution < -0.4 is 56.2 Å². The molecule has 2 heterocycles. The molecular formula is C68H56BBrCl4F2N4O6P2Pd. The van der Waals surface area contributed by atoms with Gasteiger partial charge >= 0.3 is 42.1 Å². The molecule has 456 valence electrons. The van der Waals surface area contributed by atoms with E-state index in [4.69, 9.17) is 71.3 Å². The van der Waals surface area contributed by atoms with E-state index >= 15 is 0 Å². The van der Waals surface area contributed by atoms with Crippen LogP contribution in [0.4, 0.5) is 8.78 Å². The number of benzene rings is 10. The molecule has 10 aromatic carbocycles. The Morgan fingerprint density at radius 1 is 0.416 bits per heavy atom. The molecule has 2 N–H and O–H groups in total. The largest absolute Gasteiger partial charge is 0.0622 e. The van der Waals surface area contributed by atoms with Gasteiger partial charge in [0, 0.05) is 39.8 Å². The third-order valence-corrected chi connectivity index (χ3v) is 18.3. The van der Waals surface area contributed by atoms with Crippen molar-refractivity contribution in [3.05, 3.63) is 282 Å². The van der Waals surface area contributed by atoms with Crippen molar-refractivity contribution < 1.29 is 53.7 Å². The van der Waals surface area contributed by atoms with Crippen LogP contribution in [0.3, 0.4) is 0 Å². The molecule has 0 spiro atoms. The molecule has 12 rings (SSSR count). The molecule has 0 fully saturated rings. The van der Waals surface area contributed by atoms with E-state index in [1.165, 1.54) is 82.7 Å². The molecule has 0 unspecified atom stereocenters. The van der Waals surface area contributed by atoms with Gasteiger partial charge in [-0.25, -0.2) is 28.7 Å². The first-order valence-electron chi connectivity index (χ1n) is 26.7. The van der Waals surface area contributed by atoms with Crippen molar-refractivity contribution in [2.45, 2.75) is 0 Å². The predicted octanol–water partition coefficient (Wildman–Crippen LogP) is 14.9. The van der Waals surface area contributed by atoms with E-state index in [0.717, 1.165) is 5.56 Å². The minimum Gasteiger partial charge on any atom is -0.0622 e. The fraction of sp³-hybridized carbons (Fsp3) is 0.0588. The fourth-order valence-electron chi connectivity index (χ4n) is 8.60. The molecule has 0 aliphatic rings. The molecule has 0 aliphatic carbocycles. The van der Waals surface area contributed by atoms with Gasteiger partial charge in [-0.05, 0) is 136 Å². The summed E-state index contributed by atoms with van der Waals surface area (Å²) in [4.78, 5) is 15.3. The first kappa shape index (κ1) is 69.6. The van der Waals surface area contributed by atoms with Gasteiger partial charge in [0.2, 0.25) is 10.6 Å². The molecule has 0 saturated carbocycles. The summed E-state index contributed by atoms with van der Waals surface area (Å²) in [6, 6.07) is 81.0. The zero-order valence-electron chi connectivity index (χ0n) is 48.0. The Morgan fingerprint density at radius 3 is 1.00 bits per heavy atom. The Kier molecular flexibility index (Phi) is 28.7. The Balaban J connectivity index is 0.000000159. The van der Waals surface area contributed by atoms with Crippen molar-refractivity contribution in [2.24, 2.45) is 0 Å². The second kappa shape index (κ2) is 36.7. The number of halogens is 7. The first-order valence-corrected chi connectivity index (χ1v) is 34.9. The third-order valence-electron chi connectivity index (χ3n) is 12.6. The van der Waals surface area contributed by atoms with Gasteiger partial charge in [0.05, 0.1) is 28.4 Å². The van der Waals surface area contributed by atoms with Crippen molar-refractivity contribution in [3.8, 4) is 34.1 Å². The van der Waals surface area contributed by atoms with Gasteiger partial charge in [0.15, 0.2) is 5.82 Å². The van der Waals surface area contributed by atoms with Crippen molar-refractivity contribution in [1.82, 2.24) is 19.9 Å². The number of methoxy groups -OCH3 is 4. The Hall–Kier alpha value is -6.91. The van der Waals surface area contributed by atoms with E-state index < -0.39 is 34.6 Å². The third kappa shape index (κ3) is 21.1. The van der Waals surface area contributed by atoms with Crippen LogP contribution >= 0.6 is 74.0 Å². The van der Waals surface area contributed by atoms with Gasteiger partial charge in [-0.2, -0.15) is 0 Å². The Bertz CT molecular complexity index is 3770. The van der Waals surface area contributed by atoms with Crippen LogP contribution in [0.5, 0.6) is 23.0 Å². The molecule has 21 heteroatoms. The molecule has 0 saturated heterocycles. The summed E-state index contributed by atoms with van der Waals surface area (Å²) in [7, 11) is 13.4. The van der Waals surface area contributed by atoms with Crippen LogP contribution in [-0.4, -0.2) is 65.5 Å². The summed E-state index contributed by atoms with van der Waals surface area (Å²) in [5.74, 6) is 1.45. The molecule has 0 bridgehead atoms. The van der Waals surface area contributed by atoms with Crippen molar-refractivity contribution in [3.63, 3.8) is 0 Å². The van der Waals surface area contributed by atoms with Gasteiger partial charge in [0.1, 0.15) is 39.8 Å². The standard InChI is InChI=1S/2C18H15P.C16H12ClFN2O2.C8H11BO4.C8H3BrClFN2.2ClH.Pd/c2*1-4-10-16(11-5-1)19(17-12-6-2-7-13-17)18-14-8-3-9-15-18;1-21-12-4-10(5-13(7-12)22-2)9-3-11-8-19-16(17)20-15(11)14(18)6-9;1-12-7-3-6(9(10)11)4-8(5-7)13-2;9-5-1-4-3-12-8(10)13-7(4)6(11)2-5;;;/h2*1-15H;3-8H,1-2H3;3-5,10-11H,1-2H3;1-3H;2*1H;/q;;;;;;;+2/p-2. The maximum atomic E-state index is 14.3. The molecule has 2 aromatic heterocycles. The van der Waals surface area contributed by atoms with Gasteiger partial charge in [0.25, 0.3) is 0 Å². The van der Waals surface area contributed by atoms with Gasteiger partial charge in [-0.1, -0.05) is 198 Å². The smallest absolute Gasteiger partial charge is 0.0134 e. The SMILES string of the molecule is COc1cc(OC)cc(-c2cc(F)c3nc(Cl)ncc3c2)c1.COc1cc(OC)cc(B(O)O)c1.Fc1cc(Br)cc2cnc(Cl)nc12.[Cl][Pd][Cl].c1ccc(P(c2ccccc2)c2ccccc2)cc1.c1ccc(P(c2ccccc2)c2ccccc2)cc1. The molecule has 0 atom stereocenters. The van der Waals surface area contributed by atoms with E-state index in [9.17, 15) is 8.78 Å². The van der Waals surface area contributed by atoms with E-state index in [1.54, 1.807) is 50.6 Å². The Labute approximate surface area is 553 Å². The van der Waals surface area contributed by atoms with E-state index in [-0.39, 0.29) is 37.5 Å². The van der Waals surface area contributed by atoms with Crippen LogP contribution in [-0.2, 0) is 15.9 Å². The van der Waals surface area contributed by atoms with Crippen molar-refractivity contribution in [2.75, 3.05) is 28.4 Å². The quantitative estimate of drug-likeness (QED) is 0.0693. The van der Waals surface area contributed by atoms with Crippen molar-refractivity contribution >= 4 is 140 Å². The monoisotopic (exact) mass is 1460 g/mol. The van der Waals surface area contributed by atoms with Gasteiger partial charge in [-0.15, -0.1) is 0 Å². The van der Waals surface area contributed by atoms with Crippen molar-refractivity contribution in [1.29, 1.82) is 0 Å². The van der Waals surface area contributed by atoms with Gasteiger partial charge in [-0.3, -0.25) is 0 Å². The molecular weight excluding hydrogens is 1410 g/mol. The predicted molar refractivity (Wildman–Crippen MR) is 367 cm³/mol. The molecule has 12 aromatic rings. The molecule has 10 nitrogen and oxygen atoms in total. The van der Waals surface area contributed by atoms with E-state index in [0.29, 0.717) is 49.3 Å². The topological polar surface area (TPSA) is 129 Å². The summed E-state index contributed by atoms with van der Waals surface area (Å²) in [6.45, 7) is 0. The average Bonchev–Trinajstić information content (AvgIpc) is 2.71.